The van der Waals surface area contributed by atoms with E-state index >= 15 is 0 Å². The largest absolute Gasteiger partial charge is 0.480 e. The Bertz CT molecular complexity index is 521. The third-order valence-corrected chi connectivity index (χ3v) is 5.09. The number of nitrogens with one attached hydrogen (secondary N) is 1. The molecule has 4 nitrogen and oxygen atoms in total. The van der Waals surface area contributed by atoms with Gasteiger partial charge < -0.3 is 10.4 Å². The van der Waals surface area contributed by atoms with Crippen LogP contribution >= 0.6 is 22.6 Å². The zero-order chi connectivity index (χ0) is 14.0. The van der Waals surface area contributed by atoms with E-state index in [0.717, 1.165) is 22.0 Å². The van der Waals surface area contributed by atoms with Gasteiger partial charge in [0.25, 0.3) is 5.91 Å². The molecule has 0 radical (unpaired) electrons. The van der Waals surface area contributed by atoms with Crippen molar-refractivity contribution in [2.24, 2.45) is 0 Å². The molecule has 1 fully saturated rings. The summed E-state index contributed by atoms with van der Waals surface area (Å²) in [6.07, 6.45) is 2.71. The van der Waals surface area contributed by atoms with Crippen molar-refractivity contribution in [2.45, 2.75) is 38.1 Å². The Labute approximate surface area is 125 Å². The molecule has 0 aliphatic heterocycles. The molecule has 0 atom stereocenters. The molecule has 0 aromatic heterocycles. The van der Waals surface area contributed by atoms with Gasteiger partial charge in [-0.1, -0.05) is 25.0 Å². The van der Waals surface area contributed by atoms with Crippen LogP contribution in [0.4, 0.5) is 0 Å². The van der Waals surface area contributed by atoms with Gasteiger partial charge in [-0.3, -0.25) is 4.79 Å². The third-order valence-electron chi connectivity index (χ3n) is 3.66. The summed E-state index contributed by atoms with van der Waals surface area (Å²) >= 11 is 2.12. The third kappa shape index (κ3) is 2.75. The molecule has 102 valence electrons. The Kier molecular flexibility index (Phi) is 4.13. The molecule has 1 amide bonds. The van der Waals surface area contributed by atoms with Crippen LogP contribution in [0.5, 0.6) is 0 Å². The van der Waals surface area contributed by atoms with Crippen molar-refractivity contribution in [3.8, 4) is 0 Å². The number of rotatable bonds is 3. The lowest BCUT2D eigenvalue weighted by molar-refractivity contribution is -0.144. The summed E-state index contributed by atoms with van der Waals surface area (Å²) in [5, 5.41) is 12.1. The van der Waals surface area contributed by atoms with Crippen molar-refractivity contribution < 1.29 is 14.7 Å². The van der Waals surface area contributed by atoms with Crippen LogP contribution in [0.25, 0.3) is 0 Å². The molecule has 0 heterocycles. The molecule has 1 aromatic carbocycles. The summed E-state index contributed by atoms with van der Waals surface area (Å²) in [4.78, 5) is 23.7. The molecule has 2 rings (SSSR count). The number of hydrogen-bond acceptors (Lipinski definition) is 2. The first-order valence-electron chi connectivity index (χ1n) is 6.27. The fraction of sp³-hybridized carbons (Fsp3) is 0.429. The summed E-state index contributed by atoms with van der Waals surface area (Å²) in [7, 11) is 0. The summed E-state index contributed by atoms with van der Waals surface area (Å²) < 4.78 is 0.871. The lowest BCUT2D eigenvalue weighted by Gasteiger charge is -2.25. The predicted octanol–water partition coefficient (Wildman–Crippen LogP) is 2.73. The fourth-order valence-electron chi connectivity index (χ4n) is 2.48. The molecule has 0 bridgehead atoms. The number of halogens is 1. The number of carboxylic acids is 1. The van der Waals surface area contributed by atoms with Crippen LogP contribution in [0.15, 0.2) is 18.2 Å². The zero-order valence-corrected chi connectivity index (χ0v) is 12.9. The van der Waals surface area contributed by atoms with Gasteiger partial charge in [0, 0.05) is 3.57 Å². The second-order valence-electron chi connectivity index (χ2n) is 4.98. The van der Waals surface area contributed by atoms with E-state index in [0.29, 0.717) is 18.4 Å². The van der Waals surface area contributed by atoms with Crippen LogP contribution in [0.3, 0.4) is 0 Å². The molecule has 1 aliphatic rings. The summed E-state index contributed by atoms with van der Waals surface area (Å²) in [6, 6.07) is 5.48. The van der Waals surface area contributed by atoms with Crippen molar-refractivity contribution in [1.82, 2.24) is 5.32 Å². The molecule has 1 aromatic rings. The number of carbonyl (C=O) groups excluding carboxylic acids is 1. The Morgan fingerprint density at radius 3 is 2.53 bits per heavy atom. The van der Waals surface area contributed by atoms with Crippen molar-refractivity contribution in [3.05, 3.63) is 32.9 Å². The lowest BCUT2D eigenvalue weighted by Crippen LogP contribution is -2.52. The minimum atomic E-state index is -1.08. The highest BCUT2D eigenvalue weighted by atomic mass is 127. The first-order chi connectivity index (χ1) is 8.96. The highest BCUT2D eigenvalue weighted by Crippen LogP contribution is 2.30. The van der Waals surface area contributed by atoms with Crippen LogP contribution < -0.4 is 5.32 Å². The van der Waals surface area contributed by atoms with Gasteiger partial charge in [0.2, 0.25) is 0 Å². The van der Waals surface area contributed by atoms with E-state index in [9.17, 15) is 14.7 Å². The highest BCUT2D eigenvalue weighted by molar-refractivity contribution is 14.1. The van der Waals surface area contributed by atoms with Gasteiger partial charge in [-0.2, -0.15) is 0 Å². The number of carbonyl (C=O) groups is 2. The van der Waals surface area contributed by atoms with Crippen LogP contribution in [-0.2, 0) is 4.79 Å². The number of benzene rings is 1. The van der Waals surface area contributed by atoms with E-state index in [1.54, 1.807) is 6.07 Å². The van der Waals surface area contributed by atoms with Gasteiger partial charge in [0.05, 0.1) is 5.56 Å². The van der Waals surface area contributed by atoms with Gasteiger partial charge in [-0.05, 0) is 54.0 Å². The molecule has 0 unspecified atom stereocenters. The average molecular weight is 373 g/mol. The highest BCUT2D eigenvalue weighted by Gasteiger charge is 2.42. The zero-order valence-electron chi connectivity index (χ0n) is 10.7. The predicted molar refractivity (Wildman–Crippen MR) is 80.2 cm³/mol. The van der Waals surface area contributed by atoms with Crippen LogP contribution in [0.2, 0.25) is 0 Å². The normalized spacial score (nSPS) is 17.2. The topological polar surface area (TPSA) is 66.4 Å². The van der Waals surface area contributed by atoms with E-state index in [1.165, 1.54) is 0 Å². The average Bonchev–Trinajstić information content (AvgIpc) is 2.82. The van der Waals surface area contributed by atoms with Gasteiger partial charge in [-0.25, -0.2) is 4.79 Å². The van der Waals surface area contributed by atoms with E-state index in [-0.39, 0.29) is 5.91 Å². The molecular weight excluding hydrogens is 357 g/mol. The molecule has 2 N–H and O–H groups in total. The summed E-state index contributed by atoms with van der Waals surface area (Å²) in [6.45, 7) is 1.93. The molecule has 1 aliphatic carbocycles. The van der Waals surface area contributed by atoms with Crippen molar-refractivity contribution in [3.63, 3.8) is 0 Å². The second kappa shape index (κ2) is 5.48. The number of aryl methyl sites for hydroxylation is 1. The number of hydrogen-bond donors (Lipinski definition) is 2. The van der Waals surface area contributed by atoms with Crippen molar-refractivity contribution in [1.29, 1.82) is 0 Å². The molecule has 0 saturated heterocycles. The minimum Gasteiger partial charge on any atom is -0.480 e. The van der Waals surface area contributed by atoms with E-state index in [4.69, 9.17) is 0 Å². The first kappa shape index (κ1) is 14.3. The Morgan fingerprint density at radius 1 is 1.32 bits per heavy atom. The second-order valence-corrected chi connectivity index (χ2v) is 6.06. The van der Waals surface area contributed by atoms with Gasteiger partial charge in [-0.15, -0.1) is 0 Å². The van der Waals surface area contributed by atoms with Crippen molar-refractivity contribution >= 4 is 34.5 Å². The first-order valence-corrected chi connectivity index (χ1v) is 7.35. The maximum absolute atomic E-state index is 12.3. The SMILES string of the molecule is Cc1cccc(C(=O)NC2(C(=O)O)CCCC2)c1I. The molecular formula is C14H16INO3. The molecule has 1 saturated carbocycles. The van der Waals surface area contributed by atoms with Crippen molar-refractivity contribution in [2.75, 3.05) is 0 Å². The van der Waals surface area contributed by atoms with E-state index < -0.39 is 11.5 Å². The van der Waals surface area contributed by atoms with Crippen LogP contribution in [0, 0.1) is 10.5 Å². The standard InChI is InChI=1S/C14H16INO3/c1-9-5-4-6-10(11(9)15)12(17)16-14(13(18)19)7-2-3-8-14/h4-6H,2-3,7-8H2,1H3,(H,16,17)(H,18,19). The monoisotopic (exact) mass is 373 g/mol. The fourth-order valence-corrected chi connectivity index (χ4v) is 3.08. The van der Waals surface area contributed by atoms with E-state index in [1.807, 2.05) is 19.1 Å². The summed E-state index contributed by atoms with van der Waals surface area (Å²) in [5.41, 5.74) is 0.487. The maximum Gasteiger partial charge on any atom is 0.329 e. The Morgan fingerprint density at radius 2 is 1.95 bits per heavy atom. The van der Waals surface area contributed by atoms with Crippen LogP contribution in [-0.4, -0.2) is 22.5 Å². The number of carboxylic acid groups (broad SMARTS) is 1. The smallest absolute Gasteiger partial charge is 0.329 e. The Hall–Kier alpha value is -1.11. The lowest BCUT2D eigenvalue weighted by atomic mass is 9.97. The van der Waals surface area contributed by atoms with Crippen LogP contribution in [0.1, 0.15) is 41.6 Å². The number of amides is 1. The van der Waals surface area contributed by atoms with Gasteiger partial charge >= 0.3 is 5.97 Å². The van der Waals surface area contributed by atoms with Gasteiger partial charge in [0.1, 0.15) is 5.54 Å². The number of aliphatic carboxylic acids is 1. The maximum atomic E-state index is 12.3. The quantitative estimate of drug-likeness (QED) is 0.801. The molecule has 5 heteroatoms. The summed E-state index contributed by atoms with van der Waals surface area (Å²) in [5.74, 6) is -1.22. The Balaban J connectivity index is 2.25. The molecule has 19 heavy (non-hydrogen) atoms. The minimum absolute atomic E-state index is 0.294. The molecule has 0 spiro atoms. The van der Waals surface area contributed by atoms with Gasteiger partial charge in [0.15, 0.2) is 0 Å². The van der Waals surface area contributed by atoms with E-state index in [2.05, 4.69) is 27.9 Å².